The van der Waals surface area contributed by atoms with E-state index in [1.165, 1.54) is 6.42 Å². The first-order valence-corrected chi connectivity index (χ1v) is 8.29. The number of likely N-dealkylation sites (tertiary alicyclic amines) is 1. The quantitative estimate of drug-likeness (QED) is 0.858. The van der Waals surface area contributed by atoms with Gasteiger partial charge in [0.1, 0.15) is 5.75 Å². The average molecular weight is 376 g/mol. The first-order chi connectivity index (χ1) is 10.1. The molecule has 6 heteroatoms. The molecule has 21 heavy (non-hydrogen) atoms. The molecule has 1 aliphatic rings. The van der Waals surface area contributed by atoms with Crippen molar-refractivity contribution in [2.45, 2.75) is 25.8 Å². The number of ether oxygens (including phenoxy) is 1. The number of nitrogens with one attached hydrogen (secondary N) is 1. The van der Waals surface area contributed by atoms with Gasteiger partial charge in [0.15, 0.2) is 0 Å². The normalized spacial score (nSPS) is 18.8. The van der Waals surface area contributed by atoms with E-state index in [1.807, 2.05) is 0 Å². The van der Waals surface area contributed by atoms with Crippen molar-refractivity contribution in [1.29, 1.82) is 0 Å². The summed E-state index contributed by atoms with van der Waals surface area (Å²) in [6.07, 6.45) is 2.32. The number of carbonyl (C=O) groups is 1. The third-order valence-corrected chi connectivity index (χ3v) is 4.67. The fraction of sp³-hybridized carbons (Fsp3) is 0.533. The number of rotatable bonds is 5. The molecule has 116 valence electrons. The fourth-order valence-corrected chi connectivity index (χ4v) is 3.76. The predicted octanol–water partition coefficient (Wildman–Crippen LogP) is 3.33. The number of carbonyl (C=O) groups excluding carboxylic acids is 1. The highest BCUT2D eigenvalue weighted by atomic mass is 79.9. The van der Waals surface area contributed by atoms with Crippen LogP contribution in [0, 0.1) is 0 Å². The van der Waals surface area contributed by atoms with Gasteiger partial charge in [-0.2, -0.15) is 0 Å². The standard InChI is InChI=1S/C15H20BrClN2O2/c1-3-19-6-4-5-11(19)9-18-15(20)12-7-10(17)8-13(16)14(12)21-2/h7-8,11H,3-6,9H2,1-2H3,(H,18,20). The number of methoxy groups -OCH3 is 1. The monoisotopic (exact) mass is 374 g/mol. The van der Waals surface area contributed by atoms with Crippen molar-refractivity contribution in [3.63, 3.8) is 0 Å². The van der Waals surface area contributed by atoms with E-state index >= 15 is 0 Å². The van der Waals surface area contributed by atoms with Crippen molar-refractivity contribution in [1.82, 2.24) is 10.2 Å². The van der Waals surface area contributed by atoms with Gasteiger partial charge in [0.25, 0.3) is 5.91 Å². The Bertz CT molecular complexity index is 525. The minimum absolute atomic E-state index is 0.155. The van der Waals surface area contributed by atoms with Crippen molar-refractivity contribution in [3.8, 4) is 5.75 Å². The van der Waals surface area contributed by atoms with Crippen LogP contribution < -0.4 is 10.1 Å². The van der Waals surface area contributed by atoms with Crippen LogP contribution in [-0.4, -0.2) is 43.6 Å². The summed E-state index contributed by atoms with van der Waals surface area (Å²) in [5, 5.41) is 3.50. The van der Waals surface area contributed by atoms with Crippen LogP contribution in [0.4, 0.5) is 0 Å². The second-order valence-corrected chi connectivity index (χ2v) is 6.39. The molecule has 0 spiro atoms. The van der Waals surface area contributed by atoms with Gasteiger partial charge in [-0.05, 0) is 54.0 Å². The largest absolute Gasteiger partial charge is 0.495 e. The molecule has 0 saturated carbocycles. The maximum atomic E-state index is 12.4. The molecule has 1 aliphatic heterocycles. The Hall–Kier alpha value is -0.780. The van der Waals surface area contributed by atoms with Gasteiger partial charge in [-0.1, -0.05) is 18.5 Å². The van der Waals surface area contributed by atoms with E-state index in [1.54, 1.807) is 19.2 Å². The average Bonchev–Trinajstić information content (AvgIpc) is 2.91. The Balaban J connectivity index is 2.07. The third kappa shape index (κ3) is 3.90. The van der Waals surface area contributed by atoms with Crippen LogP contribution >= 0.6 is 27.5 Å². The van der Waals surface area contributed by atoms with Gasteiger partial charge >= 0.3 is 0 Å². The number of amides is 1. The van der Waals surface area contributed by atoms with E-state index < -0.39 is 0 Å². The lowest BCUT2D eigenvalue weighted by molar-refractivity contribution is 0.0938. The van der Waals surface area contributed by atoms with Gasteiger partial charge < -0.3 is 10.1 Å². The molecule has 2 rings (SSSR count). The molecular weight excluding hydrogens is 356 g/mol. The summed E-state index contributed by atoms with van der Waals surface area (Å²) in [5.74, 6) is 0.355. The molecule has 4 nitrogen and oxygen atoms in total. The Morgan fingerprint density at radius 1 is 1.57 bits per heavy atom. The second kappa shape index (κ2) is 7.47. The summed E-state index contributed by atoms with van der Waals surface area (Å²) in [4.78, 5) is 14.8. The Morgan fingerprint density at radius 3 is 3.00 bits per heavy atom. The summed E-state index contributed by atoms with van der Waals surface area (Å²) in [6.45, 7) is 4.94. The molecular formula is C15H20BrClN2O2. The van der Waals surface area contributed by atoms with Crippen LogP contribution in [0.1, 0.15) is 30.1 Å². The molecule has 0 aliphatic carbocycles. The van der Waals surface area contributed by atoms with Gasteiger partial charge in [0.05, 0.1) is 17.1 Å². The van der Waals surface area contributed by atoms with Crippen LogP contribution in [-0.2, 0) is 0 Å². The molecule has 0 radical (unpaired) electrons. The van der Waals surface area contributed by atoms with Crippen molar-refractivity contribution in [3.05, 3.63) is 27.2 Å². The van der Waals surface area contributed by atoms with Gasteiger partial charge in [-0.25, -0.2) is 0 Å². The highest BCUT2D eigenvalue weighted by Crippen LogP contribution is 2.32. The highest BCUT2D eigenvalue weighted by Gasteiger charge is 2.24. The van der Waals surface area contributed by atoms with E-state index in [2.05, 4.69) is 33.1 Å². The third-order valence-electron chi connectivity index (χ3n) is 3.86. The minimum Gasteiger partial charge on any atom is -0.495 e. The van der Waals surface area contributed by atoms with Crippen molar-refractivity contribution in [2.24, 2.45) is 0 Å². The minimum atomic E-state index is -0.155. The summed E-state index contributed by atoms with van der Waals surface area (Å²) < 4.78 is 5.97. The van der Waals surface area contributed by atoms with Crippen LogP contribution in [0.25, 0.3) is 0 Å². The first kappa shape index (κ1) is 16.6. The van der Waals surface area contributed by atoms with E-state index in [-0.39, 0.29) is 5.91 Å². The van der Waals surface area contributed by atoms with Crippen LogP contribution in [0.5, 0.6) is 5.75 Å². The molecule has 0 bridgehead atoms. The van der Waals surface area contributed by atoms with Gasteiger partial charge in [0.2, 0.25) is 0 Å². The second-order valence-electron chi connectivity index (χ2n) is 5.10. The zero-order valence-electron chi connectivity index (χ0n) is 12.3. The number of likely N-dealkylation sites (N-methyl/N-ethyl adjacent to an activating group) is 1. The molecule has 1 aromatic carbocycles. The van der Waals surface area contributed by atoms with E-state index in [9.17, 15) is 4.79 Å². The van der Waals surface area contributed by atoms with Crippen LogP contribution in [0.2, 0.25) is 5.02 Å². The van der Waals surface area contributed by atoms with Gasteiger partial charge in [-0.15, -0.1) is 0 Å². The number of nitrogens with zero attached hydrogens (tertiary/aromatic N) is 1. The highest BCUT2D eigenvalue weighted by molar-refractivity contribution is 9.10. The smallest absolute Gasteiger partial charge is 0.255 e. The van der Waals surface area contributed by atoms with Crippen molar-refractivity contribution >= 4 is 33.4 Å². The summed E-state index contributed by atoms with van der Waals surface area (Å²) in [5.41, 5.74) is 0.456. The predicted molar refractivity (Wildman–Crippen MR) is 88.3 cm³/mol. The van der Waals surface area contributed by atoms with E-state index in [0.717, 1.165) is 19.5 Å². The zero-order chi connectivity index (χ0) is 15.4. The molecule has 1 unspecified atom stereocenters. The number of hydrogen-bond donors (Lipinski definition) is 1. The van der Waals surface area contributed by atoms with Gasteiger partial charge in [0, 0.05) is 17.6 Å². The Morgan fingerprint density at radius 2 is 2.33 bits per heavy atom. The molecule has 1 aromatic rings. The topological polar surface area (TPSA) is 41.6 Å². The molecule has 1 N–H and O–H groups in total. The zero-order valence-corrected chi connectivity index (χ0v) is 14.6. The van der Waals surface area contributed by atoms with E-state index in [4.69, 9.17) is 16.3 Å². The molecule has 1 fully saturated rings. The number of halogens is 2. The van der Waals surface area contributed by atoms with Gasteiger partial charge in [-0.3, -0.25) is 9.69 Å². The molecule has 1 atom stereocenters. The van der Waals surface area contributed by atoms with Crippen molar-refractivity contribution < 1.29 is 9.53 Å². The fourth-order valence-electron chi connectivity index (χ4n) is 2.78. The van der Waals surface area contributed by atoms with Crippen LogP contribution in [0.3, 0.4) is 0 Å². The summed E-state index contributed by atoms with van der Waals surface area (Å²) in [7, 11) is 1.54. The maximum Gasteiger partial charge on any atom is 0.255 e. The van der Waals surface area contributed by atoms with Crippen molar-refractivity contribution in [2.75, 3.05) is 26.7 Å². The SMILES string of the molecule is CCN1CCCC1CNC(=O)c1cc(Cl)cc(Br)c1OC. The lowest BCUT2D eigenvalue weighted by Crippen LogP contribution is -2.40. The number of benzene rings is 1. The maximum absolute atomic E-state index is 12.4. The summed E-state index contributed by atoms with van der Waals surface area (Å²) >= 11 is 9.39. The molecule has 1 heterocycles. The Kier molecular flexibility index (Phi) is 5.90. The van der Waals surface area contributed by atoms with E-state index in [0.29, 0.717) is 33.4 Å². The molecule has 1 amide bonds. The Labute approximate surface area is 138 Å². The lowest BCUT2D eigenvalue weighted by atomic mass is 10.1. The lowest BCUT2D eigenvalue weighted by Gasteiger charge is -2.23. The summed E-state index contributed by atoms with van der Waals surface area (Å²) in [6, 6.07) is 3.77. The van der Waals surface area contributed by atoms with Crippen LogP contribution in [0.15, 0.2) is 16.6 Å². The number of hydrogen-bond acceptors (Lipinski definition) is 3. The molecule has 1 saturated heterocycles. The molecule has 0 aromatic heterocycles. The first-order valence-electron chi connectivity index (χ1n) is 7.12.